The molecule has 1 N–H and O–H groups in total. The number of hydroxylamine groups is 1. The number of ether oxygens (including phenoxy) is 2. The molecule has 0 radical (unpaired) electrons. The molecule has 2 spiro atoms. The lowest BCUT2D eigenvalue weighted by atomic mass is 9.81. The van der Waals surface area contributed by atoms with E-state index in [1.807, 2.05) is 6.08 Å². The van der Waals surface area contributed by atoms with Gasteiger partial charge in [0.25, 0.3) is 0 Å². The van der Waals surface area contributed by atoms with Gasteiger partial charge in [0.05, 0.1) is 13.2 Å². The van der Waals surface area contributed by atoms with Crippen LogP contribution in [0.15, 0.2) is 36.0 Å². The molecular formula is C18H18FNO3. The van der Waals surface area contributed by atoms with Crippen molar-refractivity contribution in [2.45, 2.75) is 37.1 Å². The van der Waals surface area contributed by atoms with Crippen LogP contribution in [0.1, 0.15) is 31.2 Å². The average molecular weight is 315 g/mol. The van der Waals surface area contributed by atoms with Crippen LogP contribution in [-0.2, 0) is 14.3 Å². The van der Waals surface area contributed by atoms with Gasteiger partial charge in [-0.25, -0.2) is 4.39 Å². The second-order valence-electron chi connectivity index (χ2n) is 6.19. The predicted octanol–water partition coefficient (Wildman–Crippen LogP) is 2.65. The molecule has 4 rings (SSSR count). The van der Waals surface area contributed by atoms with Crippen molar-refractivity contribution in [1.82, 2.24) is 5.48 Å². The maximum atomic E-state index is 13.2. The van der Waals surface area contributed by atoms with Crippen molar-refractivity contribution in [2.24, 2.45) is 0 Å². The smallest absolute Gasteiger partial charge is 0.168 e. The van der Waals surface area contributed by atoms with Gasteiger partial charge in [0.2, 0.25) is 0 Å². The predicted molar refractivity (Wildman–Crippen MR) is 81.4 cm³/mol. The molecule has 1 aromatic carbocycles. The zero-order chi connectivity index (χ0) is 15.8. The first-order valence-corrected chi connectivity index (χ1v) is 7.90. The van der Waals surface area contributed by atoms with Crippen molar-refractivity contribution >= 4 is 0 Å². The molecule has 1 aromatic rings. The van der Waals surface area contributed by atoms with Gasteiger partial charge in [0.1, 0.15) is 17.1 Å². The highest BCUT2D eigenvalue weighted by Crippen LogP contribution is 2.43. The van der Waals surface area contributed by atoms with Gasteiger partial charge < -0.3 is 9.47 Å². The Morgan fingerprint density at radius 1 is 1.04 bits per heavy atom. The summed E-state index contributed by atoms with van der Waals surface area (Å²) in [5.41, 5.74) is 3.92. The van der Waals surface area contributed by atoms with Gasteiger partial charge in [-0.1, -0.05) is 12.0 Å². The van der Waals surface area contributed by atoms with E-state index >= 15 is 0 Å². The summed E-state index contributed by atoms with van der Waals surface area (Å²) < 4.78 is 24.6. The van der Waals surface area contributed by atoms with Crippen molar-refractivity contribution in [1.29, 1.82) is 0 Å². The summed E-state index contributed by atoms with van der Waals surface area (Å²) in [5.74, 6) is 5.26. The van der Waals surface area contributed by atoms with Crippen LogP contribution in [0.3, 0.4) is 0 Å². The molecule has 1 saturated carbocycles. The summed E-state index contributed by atoms with van der Waals surface area (Å²) in [6.07, 6.45) is 5.31. The molecular weight excluding hydrogens is 297 g/mol. The molecule has 23 heavy (non-hydrogen) atoms. The average Bonchev–Trinajstić information content (AvgIpc) is 3.17. The monoisotopic (exact) mass is 315 g/mol. The van der Waals surface area contributed by atoms with Crippen molar-refractivity contribution in [3.8, 4) is 11.8 Å². The first kappa shape index (κ1) is 14.7. The zero-order valence-electron chi connectivity index (χ0n) is 12.7. The standard InChI is InChI=1S/C18H18FNO3/c19-15-3-1-2-14(12-15)4-5-16-13-17(23-20-16)6-8-18(9-7-17)21-10-11-22-18/h1-3,12-13,20H,6-11H2. The minimum atomic E-state index is -0.404. The third-order valence-electron chi connectivity index (χ3n) is 4.61. The first-order valence-electron chi connectivity index (χ1n) is 7.90. The highest BCUT2D eigenvalue weighted by molar-refractivity contribution is 5.41. The fraction of sp³-hybridized carbons (Fsp3) is 0.444. The van der Waals surface area contributed by atoms with Gasteiger partial charge >= 0.3 is 0 Å². The van der Waals surface area contributed by atoms with Crippen LogP contribution < -0.4 is 5.48 Å². The largest absolute Gasteiger partial charge is 0.348 e. The molecule has 4 nitrogen and oxygen atoms in total. The third kappa shape index (κ3) is 2.98. The summed E-state index contributed by atoms with van der Waals surface area (Å²) >= 11 is 0. The number of allylic oxidation sites excluding steroid dienone is 1. The van der Waals surface area contributed by atoms with Crippen LogP contribution in [0.4, 0.5) is 4.39 Å². The van der Waals surface area contributed by atoms with Crippen molar-refractivity contribution in [3.63, 3.8) is 0 Å². The van der Waals surface area contributed by atoms with E-state index in [1.165, 1.54) is 12.1 Å². The number of hydrogen-bond donors (Lipinski definition) is 1. The molecule has 2 aliphatic heterocycles. The lowest BCUT2D eigenvalue weighted by molar-refractivity contribution is -0.205. The Morgan fingerprint density at radius 3 is 2.57 bits per heavy atom. The number of hydrogen-bond acceptors (Lipinski definition) is 4. The molecule has 0 atom stereocenters. The molecule has 2 heterocycles. The number of benzene rings is 1. The molecule has 0 aromatic heterocycles. The van der Waals surface area contributed by atoms with E-state index in [4.69, 9.17) is 14.3 Å². The van der Waals surface area contributed by atoms with Gasteiger partial charge in [0, 0.05) is 18.4 Å². The minimum absolute atomic E-state index is 0.285. The van der Waals surface area contributed by atoms with E-state index in [1.54, 1.807) is 12.1 Å². The van der Waals surface area contributed by atoms with Gasteiger partial charge in [-0.15, -0.1) is 0 Å². The topological polar surface area (TPSA) is 39.7 Å². The second-order valence-corrected chi connectivity index (χ2v) is 6.19. The van der Waals surface area contributed by atoms with Crippen LogP contribution in [0.25, 0.3) is 0 Å². The molecule has 0 bridgehead atoms. The Morgan fingerprint density at radius 2 is 1.83 bits per heavy atom. The van der Waals surface area contributed by atoms with Crippen LogP contribution >= 0.6 is 0 Å². The first-order chi connectivity index (χ1) is 11.2. The van der Waals surface area contributed by atoms with E-state index in [2.05, 4.69) is 17.3 Å². The fourth-order valence-electron chi connectivity index (χ4n) is 3.33. The summed E-state index contributed by atoms with van der Waals surface area (Å²) in [5, 5.41) is 0. The Hall–Kier alpha value is -1.87. The Balaban J connectivity index is 1.46. The number of nitrogens with one attached hydrogen (secondary N) is 1. The van der Waals surface area contributed by atoms with E-state index < -0.39 is 5.79 Å². The Bertz CT molecular complexity index is 688. The van der Waals surface area contributed by atoms with E-state index in [0.717, 1.165) is 31.4 Å². The molecule has 0 amide bonds. The fourth-order valence-corrected chi connectivity index (χ4v) is 3.33. The molecule has 2 fully saturated rings. The second kappa shape index (κ2) is 5.64. The maximum absolute atomic E-state index is 13.2. The Labute approximate surface area is 134 Å². The van der Waals surface area contributed by atoms with E-state index in [-0.39, 0.29) is 11.4 Å². The van der Waals surface area contributed by atoms with E-state index in [0.29, 0.717) is 18.8 Å². The highest BCUT2D eigenvalue weighted by Gasteiger charge is 2.48. The van der Waals surface area contributed by atoms with E-state index in [9.17, 15) is 4.39 Å². The zero-order valence-corrected chi connectivity index (χ0v) is 12.7. The van der Waals surface area contributed by atoms with Gasteiger partial charge in [-0.05, 0) is 43.0 Å². The van der Waals surface area contributed by atoms with Crippen LogP contribution in [-0.4, -0.2) is 24.6 Å². The summed E-state index contributed by atoms with van der Waals surface area (Å²) in [7, 11) is 0. The molecule has 120 valence electrons. The molecule has 3 aliphatic rings. The van der Waals surface area contributed by atoms with Crippen molar-refractivity contribution < 1.29 is 18.7 Å². The lowest BCUT2D eigenvalue weighted by Gasteiger charge is -2.39. The van der Waals surface area contributed by atoms with Crippen LogP contribution in [0, 0.1) is 17.7 Å². The lowest BCUT2D eigenvalue weighted by Crippen LogP contribution is -2.43. The normalized spacial score (nSPS) is 24.1. The minimum Gasteiger partial charge on any atom is -0.348 e. The highest BCUT2D eigenvalue weighted by atomic mass is 19.1. The number of rotatable bonds is 0. The SMILES string of the molecule is Fc1cccc(C#CC2=CC3(CCC4(CC3)OCCO4)ON2)c1. The van der Waals surface area contributed by atoms with Crippen molar-refractivity contribution in [3.05, 3.63) is 47.4 Å². The van der Waals surface area contributed by atoms with Gasteiger partial charge in [-0.2, -0.15) is 0 Å². The molecule has 1 aliphatic carbocycles. The summed E-state index contributed by atoms with van der Waals surface area (Å²) in [6.45, 7) is 1.35. The molecule has 0 unspecified atom stereocenters. The summed E-state index contributed by atoms with van der Waals surface area (Å²) in [4.78, 5) is 5.78. The summed E-state index contributed by atoms with van der Waals surface area (Å²) in [6, 6.07) is 6.25. The Kier molecular flexibility index (Phi) is 3.61. The van der Waals surface area contributed by atoms with Crippen molar-refractivity contribution in [2.75, 3.05) is 13.2 Å². The van der Waals surface area contributed by atoms with Gasteiger partial charge in [0.15, 0.2) is 5.79 Å². The third-order valence-corrected chi connectivity index (χ3v) is 4.61. The van der Waals surface area contributed by atoms with Crippen LogP contribution in [0.2, 0.25) is 0 Å². The molecule has 1 saturated heterocycles. The number of halogens is 1. The van der Waals surface area contributed by atoms with Gasteiger partial charge in [-0.3, -0.25) is 10.3 Å². The quantitative estimate of drug-likeness (QED) is 0.747. The van der Waals surface area contributed by atoms with Crippen LogP contribution in [0.5, 0.6) is 0 Å². The molecule has 5 heteroatoms. The maximum Gasteiger partial charge on any atom is 0.168 e.